The first-order valence-corrected chi connectivity index (χ1v) is 5.60. The zero-order valence-electron chi connectivity index (χ0n) is 9.39. The number of carbonyl (C=O) groups excluding carboxylic acids is 1. The van der Waals surface area contributed by atoms with Crippen LogP contribution in [0.3, 0.4) is 0 Å². The average Bonchev–Trinajstić information content (AvgIpc) is 2.82. The van der Waals surface area contributed by atoms with Crippen LogP contribution in [-0.4, -0.2) is 10.9 Å². The molecule has 1 atom stereocenters. The van der Waals surface area contributed by atoms with Crippen molar-refractivity contribution in [2.45, 2.75) is 19.3 Å². The molecule has 1 heterocycles. The van der Waals surface area contributed by atoms with E-state index in [0.717, 1.165) is 12.8 Å². The molecule has 2 rings (SSSR count). The Hall–Kier alpha value is -2.15. The van der Waals surface area contributed by atoms with Gasteiger partial charge >= 0.3 is 0 Å². The van der Waals surface area contributed by atoms with Crippen LogP contribution in [0.5, 0.6) is 0 Å². The van der Waals surface area contributed by atoms with Gasteiger partial charge in [-0.3, -0.25) is 4.79 Å². The summed E-state index contributed by atoms with van der Waals surface area (Å²) in [5.74, 6) is 0.822. The number of amides is 1. The Kier molecular flexibility index (Phi) is 3.51. The van der Waals surface area contributed by atoms with Crippen LogP contribution in [-0.2, 0) is 4.79 Å². The number of aromatic nitrogens is 1. The first-order valence-electron chi connectivity index (χ1n) is 5.60. The lowest BCUT2D eigenvalue weighted by molar-refractivity contribution is -0.116. The number of nitrogens with zero attached hydrogens (tertiary/aromatic N) is 2. The van der Waals surface area contributed by atoms with E-state index >= 15 is 0 Å². The zero-order valence-corrected chi connectivity index (χ0v) is 9.39. The fourth-order valence-electron chi connectivity index (χ4n) is 1.83. The second-order valence-corrected chi connectivity index (χ2v) is 4.06. The number of carbonyl (C=O) groups is 1. The first-order chi connectivity index (χ1) is 8.28. The highest BCUT2D eigenvalue weighted by atomic mass is 16.1. The van der Waals surface area contributed by atoms with Crippen molar-refractivity contribution in [3.8, 4) is 6.07 Å². The molecule has 86 valence electrons. The molecule has 0 fully saturated rings. The SMILES string of the molecule is N#Cc1ccc(NC(=O)C[C@@H]2C=CCC2)nc1. The molecule has 1 N–H and O–H groups in total. The number of nitriles is 1. The van der Waals surface area contributed by atoms with Crippen LogP contribution in [0.25, 0.3) is 0 Å². The van der Waals surface area contributed by atoms with Crippen molar-refractivity contribution in [1.82, 2.24) is 4.98 Å². The van der Waals surface area contributed by atoms with Gasteiger partial charge in [0, 0.05) is 12.6 Å². The van der Waals surface area contributed by atoms with Crippen molar-refractivity contribution < 1.29 is 4.79 Å². The molecule has 1 aromatic rings. The van der Waals surface area contributed by atoms with E-state index in [2.05, 4.69) is 22.5 Å². The smallest absolute Gasteiger partial charge is 0.226 e. The molecule has 0 saturated heterocycles. The molecule has 1 aliphatic rings. The third-order valence-corrected chi connectivity index (χ3v) is 2.72. The van der Waals surface area contributed by atoms with Gasteiger partial charge in [-0.1, -0.05) is 12.2 Å². The molecule has 0 saturated carbocycles. The largest absolute Gasteiger partial charge is 0.311 e. The van der Waals surface area contributed by atoms with Crippen molar-refractivity contribution in [1.29, 1.82) is 5.26 Å². The minimum Gasteiger partial charge on any atom is -0.311 e. The molecule has 0 spiro atoms. The second kappa shape index (κ2) is 5.26. The predicted molar refractivity (Wildman–Crippen MR) is 64.1 cm³/mol. The number of pyridine rings is 1. The summed E-state index contributed by atoms with van der Waals surface area (Å²) in [5, 5.41) is 11.3. The molecule has 0 aliphatic heterocycles. The van der Waals surface area contributed by atoms with Gasteiger partial charge in [0.05, 0.1) is 5.56 Å². The number of hydrogen-bond acceptors (Lipinski definition) is 3. The maximum atomic E-state index is 11.7. The van der Waals surface area contributed by atoms with E-state index in [9.17, 15) is 4.79 Å². The summed E-state index contributed by atoms with van der Waals surface area (Å²) in [6.45, 7) is 0. The van der Waals surface area contributed by atoms with E-state index in [4.69, 9.17) is 5.26 Å². The van der Waals surface area contributed by atoms with Gasteiger partial charge < -0.3 is 5.32 Å². The molecule has 17 heavy (non-hydrogen) atoms. The van der Waals surface area contributed by atoms with E-state index in [-0.39, 0.29) is 5.91 Å². The van der Waals surface area contributed by atoms with Crippen LogP contribution < -0.4 is 5.32 Å². The fourth-order valence-corrected chi connectivity index (χ4v) is 1.83. The number of nitrogens with one attached hydrogen (secondary N) is 1. The van der Waals surface area contributed by atoms with Gasteiger partial charge in [0.1, 0.15) is 11.9 Å². The highest BCUT2D eigenvalue weighted by Crippen LogP contribution is 2.20. The van der Waals surface area contributed by atoms with Crippen LogP contribution in [0, 0.1) is 17.2 Å². The standard InChI is InChI=1S/C13H13N3O/c14-8-11-5-6-12(15-9-11)16-13(17)7-10-3-1-2-4-10/h1,3,5-6,9-10H,2,4,7H2,(H,15,16,17)/t10-/m1/s1. The minimum absolute atomic E-state index is 0.0289. The van der Waals surface area contributed by atoms with Gasteiger partial charge in [0.25, 0.3) is 0 Å². The molecule has 1 amide bonds. The fraction of sp³-hybridized carbons (Fsp3) is 0.308. The number of hydrogen-bond donors (Lipinski definition) is 1. The lowest BCUT2D eigenvalue weighted by Crippen LogP contribution is -2.15. The number of allylic oxidation sites excluding steroid dienone is 2. The summed E-state index contributed by atoms with van der Waals surface area (Å²) < 4.78 is 0. The van der Waals surface area contributed by atoms with Gasteiger partial charge in [0.2, 0.25) is 5.91 Å². The molecule has 4 heteroatoms. The van der Waals surface area contributed by atoms with E-state index in [0.29, 0.717) is 23.7 Å². The van der Waals surface area contributed by atoms with Crippen LogP contribution in [0.4, 0.5) is 5.82 Å². The maximum Gasteiger partial charge on any atom is 0.226 e. The lowest BCUT2D eigenvalue weighted by Gasteiger charge is -2.07. The maximum absolute atomic E-state index is 11.7. The normalized spacial score (nSPS) is 17.7. The third kappa shape index (κ3) is 3.15. The van der Waals surface area contributed by atoms with E-state index in [1.54, 1.807) is 12.1 Å². The molecule has 4 nitrogen and oxygen atoms in total. The molecule has 1 aliphatic carbocycles. The average molecular weight is 227 g/mol. The lowest BCUT2D eigenvalue weighted by atomic mass is 10.1. The Morgan fingerprint density at radius 2 is 2.47 bits per heavy atom. The molecule has 0 aromatic carbocycles. The summed E-state index contributed by atoms with van der Waals surface area (Å²) in [7, 11) is 0. The molecular formula is C13H13N3O. The Bertz CT molecular complexity index is 470. The summed E-state index contributed by atoms with van der Waals surface area (Å²) in [6.07, 6.45) is 8.26. The third-order valence-electron chi connectivity index (χ3n) is 2.72. The van der Waals surface area contributed by atoms with E-state index in [1.165, 1.54) is 6.20 Å². The number of rotatable bonds is 3. The number of anilines is 1. The van der Waals surface area contributed by atoms with E-state index in [1.807, 2.05) is 6.07 Å². The van der Waals surface area contributed by atoms with Crippen LogP contribution in [0.2, 0.25) is 0 Å². The topological polar surface area (TPSA) is 65.8 Å². The van der Waals surface area contributed by atoms with Gasteiger partial charge in [-0.2, -0.15) is 5.26 Å². The van der Waals surface area contributed by atoms with E-state index < -0.39 is 0 Å². The Morgan fingerprint density at radius 1 is 1.59 bits per heavy atom. The van der Waals surface area contributed by atoms with Crippen molar-refractivity contribution in [2.24, 2.45) is 5.92 Å². The van der Waals surface area contributed by atoms with Gasteiger partial charge in [0.15, 0.2) is 0 Å². The first kappa shape index (κ1) is 11.3. The molecular weight excluding hydrogens is 214 g/mol. The summed E-state index contributed by atoms with van der Waals surface area (Å²) in [5.41, 5.74) is 0.488. The Morgan fingerprint density at radius 3 is 3.06 bits per heavy atom. The highest BCUT2D eigenvalue weighted by molar-refractivity contribution is 5.90. The summed E-state index contributed by atoms with van der Waals surface area (Å²) in [6, 6.07) is 5.26. The molecule has 0 unspecified atom stereocenters. The van der Waals surface area contributed by atoms with Gasteiger partial charge in [-0.25, -0.2) is 4.98 Å². The van der Waals surface area contributed by atoms with Crippen LogP contribution in [0.15, 0.2) is 30.5 Å². The summed E-state index contributed by atoms with van der Waals surface area (Å²) in [4.78, 5) is 15.7. The van der Waals surface area contributed by atoms with Crippen molar-refractivity contribution in [3.05, 3.63) is 36.0 Å². The highest BCUT2D eigenvalue weighted by Gasteiger charge is 2.14. The minimum atomic E-state index is -0.0289. The zero-order chi connectivity index (χ0) is 12.1. The summed E-state index contributed by atoms with van der Waals surface area (Å²) >= 11 is 0. The monoisotopic (exact) mass is 227 g/mol. The Labute approximate surface area is 100.0 Å². The molecule has 0 radical (unpaired) electrons. The predicted octanol–water partition coefficient (Wildman–Crippen LogP) is 2.25. The Balaban J connectivity index is 1.89. The quantitative estimate of drug-likeness (QED) is 0.805. The van der Waals surface area contributed by atoms with Gasteiger partial charge in [-0.15, -0.1) is 0 Å². The van der Waals surface area contributed by atoms with Crippen LogP contribution in [0.1, 0.15) is 24.8 Å². The van der Waals surface area contributed by atoms with Crippen LogP contribution >= 0.6 is 0 Å². The second-order valence-electron chi connectivity index (χ2n) is 4.06. The van der Waals surface area contributed by atoms with Gasteiger partial charge in [-0.05, 0) is 30.9 Å². The van der Waals surface area contributed by atoms with Crippen molar-refractivity contribution in [2.75, 3.05) is 5.32 Å². The van der Waals surface area contributed by atoms with Crippen molar-refractivity contribution >= 4 is 11.7 Å². The molecule has 1 aromatic heterocycles. The van der Waals surface area contributed by atoms with Crippen molar-refractivity contribution in [3.63, 3.8) is 0 Å². The molecule has 0 bridgehead atoms.